The molecule has 3 heterocycles. The highest BCUT2D eigenvalue weighted by Gasteiger charge is 2.40. The summed E-state index contributed by atoms with van der Waals surface area (Å²) < 4.78 is 11.3. The fraction of sp³-hybridized carbons (Fsp3) is 0.640. The van der Waals surface area contributed by atoms with Gasteiger partial charge in [0.1, 0.15) is 5.75 Å². The van der Waals surface area contributed by atoms with Crippen molar-refractivity contribution in [3.63, 3.8) is 0 Å². The van der Waals surface area contributed by atoms with Gasteiger partial charge in [0, 0.05) is 31.2 Å². The molecule has 2 saturated carbocycles. The molecule has 176 valence electrons. The highest BCUT2D eigenvalue weighted by atomic mass is 16.6. The lowest BCUT2D eigenvalue weighted by Crippen LogP contribution is -2.40. The third kappa shape index (κ3) is 3.93. The van der Waals surface area contributed by atoms with Gasteiger partial charge in [-0.15, -0.1) is 0 Å². The molecule has 1 aromatic heterocycles. The van der Waals surface area contributed by atoms with Gasteiger partial charge in [0.25, 0.3) is 0 Å². The minimum atomic E-state index is -0.328. The van der Waals surface area contributed by atoms with Crippen molar-refractivity contribution in [3.8, 4) is 11.8 Å². The van der Waals surface area contributed by atoms with Gasteiger partial charge in [0.2, 0.25) is 0 Å². The molecule has 4 atom stereocenters. The number of rotatable bonds is 2. The van der Waals surface area contributed by atoms with Crippen LogP contribution in [0.3, 0.4) is 0 Å². The summed E-state index contributed by atoms with van der Waals surface area (Å²) in [6.45, 7) is 1.53. The Labute approximate surface area is 193 Å². The maximum Gasteiger partial charge on any atom is 0.417 e. The van der Waals surface area contributed by atoms with Gasteiger partial charge in [-0.05, 0) is 62.5 Å². The van der Waals surface area contributed by atoms with Crippen molar-refractivity contribution < 1.29 is 19.1 Å². The molecule has 4 unspecified atom stereocenters. The van der Waals surface area contributed by atoms with E-state index in [2.05, 4.69) is 9.97 Å². The van der Waals surface area contributed by atoms with Crippen LogP contribution in [0.1, 0.15) is 64.2 Å². The largest absolute Gasteiger partial charge is 0.417 e. The number of nitrogens with zero attached hydrogens (tertiary/aromatic N) is 3. The molecule has 8 heteroatoms. The molecular weight excluding hydrogens is 420 g/mol. The van der Waals surface area contributed by atoms with E-state index in [0.29, 0.717) is 40.7 Å². The zero-order valence-corrected chi connectivity index (χ0v) is 19.0. The van der Waals surface area contributed by atoms with Crippen LogP contribution < -0.4 is 9.47 Å². The maximum absolute atomic E-state index is 12.8. The number of aromatic amines is 1. The molecular formula is C25H32N4O4. The number of benzene rings is 1. The van der Waals surface area contributed by atoms with Gasteiger partial charge in [-0.3, -0.25) is 0 Å². The Balaban J connectivity index is 1.12. The Hall–Kier alpha value is -2.77. The first-order valence-corrected chi connectivity index (χ1v) is 12.6. The zero-order chi connectivity index (χ0) is 22.4. The van der Waals surface area contributed by atoms with Crippen molar-refractivity contribution >= 4 is 23.2 Å². The molecule has 6 rings (SSSR count). The van der Waals surface area contributed by atoms with Gasteiger partial charge >= 0.3 is 18.2 Å². The fourth-order valence-corrected chi connectivity index (χ4v) is 6.64. The lowest BCUT2D eigenvalue weighted by Gasteiger charge is -2.30. The van der Waals surface area contributed by atoms with E-state index in [1.54, 1.807) is 18.2 Å². The van der Waals surface area contributed by atoms with Gasteiger partial charge in [0.05, 0.1) is 11.0 Å². The topological polar surface area (TPSA) is 87.8 Å². The van der Waals surface area contributed by atoms with Crippen molar-refractivity contribution in [2.75, 3.05) is 13.1 Å². The first kappa shape index (κ1) is 20.8. The molecule has 0 bridgehead atoms. The van der Waals surface area contributed by atoms with Crippen molar-refractivity contribution in [1.29, 1.82) is 0 Å². The lowest BCUT2D eigenvalue weighted by molar-refractivity contribution is 0.128. The number of carbonyl (C=O) groups excluding carboxylic acids is 2. The Morgan fingerprint density at radius 2 is 1.42 bits per heavy atom. The zero-order valence-electron chi connectivity index (χ0n) is 19.0. The molecule has 8 nitrogen and oxygen atoms in total. The molecule has 2 aromatic rings. The van der Waals surface area contributed by atoms with E-state index in [0.717, 1.165) is 38.8 Å². The smallest absolute Gasteiger partial charge is 0.410 e. The van der Waals surface area contributed by atoms with E-state index < -0.39 is 0 Å². The maximum atomic E-state index is 12.8. The third-order valence-electron chi connectivity index (χ3n) is 8.31. The first-order valence-electron chi connectivity index (χ1n) is 12.6. The standard InChI is InChI=1S/C25H32N4O4/c30-24(28-13-11-16-5-1-3-7-21(16)28)32-18-9-10-19-20(15-18)27-23(26-19)33-25(31)29-14-12-17-6-2-4-8-22(17)29/h9-10,15-17,21-22H,1-8,11-14H2,(H,26,27). The number of amides is 2. The van der Waals surface area contributed by atoms with E-state index in [9.17, 15) is 9.59 Å². The van der Waals surface area contributed by atoms with Gasteiger partial charge < -0.3 is 24.3 Å². The van der Waals surface area contributed by atoms with Crippen LogP contribution in [0.5, 0.6) is 11.8 Å². The Bertz CT molecular complexity index is 1010. The third-order valence-corrected chi connectivity index (χ3v) is 8.31. The Kier molecular flexibility index (Phi) is 5.38. The van der Waals surface area contributed by atoms with E-state index in [1.807, 2.05) is 9.80 Å². The minimum Gasteiger partial charge on any atom is -0.410 e. The molecule has 2 aliphatic carbocycles. The summed E-state index contributed by atoms with van der Waals surface area (Å²) in [4.78, 5) is 36.9. The molecule has 1 aromatic carbocycles. The van der Waals surface area contributed by atoms with Crippen molar-refractivity contribution in [1.82, 2.24) is 19.8 Å². The number of nitrogens with one attached hydrogen (secondary N) is 1. The van der Waals surface area contributed by atoms with E-state index in [-0.39, 0.29) is 18.2 Å². The highest BCUT2D eigenvalue weighted by molar-refractivity contribution is 5.80. The van der Waals surface area contributed by atoms with Gasteiger partial charge in [-0.2, -0.15) is 4.98 Å². The summed E-state index contributed by atoms with van der Waals surface area (Å²) >= 11 is 0. The Morgan fingerprint density at radius 3 is 2.09 bits per heavy atom. The number of aromatic nitrogens is 2. The molecule has 4 fully saturated rings. The van der Waals surface area contributed by atoms with Crippen molar-refractivity contribution in [2.45, 2.75) is 76.3 Å². The molecule has 2 amide bonds. The van der Waals surface area contributed by atoms with Crippen LogP contribution in [0, 0.1) is 11.8 Å². The molecule has 2 aliphatic heterocycles. The van der Waals surface area contributed by atoms with Crippen LogP contribution >= 0.6 is 0 Å². The monoisotopic (exact) mass is 452 g/mol. The first-order chi connectivity index (χ1) is 16.2. The number of carbonyl (C=O) groups is 2. The number of imidazole rings is 1. The predicted octanol–water partition coefficient (Wildman–Crippen LogP) is 5.09. The average molecular weight is 453 g/mol. The molecule has 1 N–H and O–H groups in total. The summed E-state index contributed by atoms with van der Waals surface area (Å²) in [5.41, 5.74) is 1.35. The number of hydrogen-bond acceptors (Lipinski definition) is 5. The van der Waals surface area contributed by atoms with Crippen LogP contribution in [0.15, 0.2) is 18.2 Å². The number of hydrogen-bond donors (Lipinski definition) is 1. The van der Waals surface area contributed by atoms with Crippen molar-refractivity contribution in [3.05, 3.63) is 18.2 Å². The average Bonchev–Trinajstić information content (AvgIpc) is 3.54. The number of fused-ring (bicyclic) bond motifs is 3. The Morgan fingerprint density at radius 1 is 0.818 bits per heavy atom. The van der Waals surface area contributed by atoms with E-state index in [1.165, 1.54) is 38.5 Å². The second-order valence-electron chi connectivity index (χ2n) is 10.1. The van der Waals surface area contributed by atoms with E-state index >= 15 is 0 Å². The number of H-pyrrole nitrogens is 1. The predicted molar refractivity (Wildman–Crippen MR) is 122 cm³/mol. The fourth-order valence-electron chi connectivity index (χ4n) is 6.64. The molecule has 0 radical (unpaired) electrons. The minimum absolute atomic E-state index is 0.183. The van der Waals surface area contributed by atoms with Gasteiger partial charge in [-0.1, -0.05) is 25.7 Å². The number of likely N-dealkylation sites (tertiary alicyclic amines) is 2. The van der Waals surface area contributed by atoms with Crippen LogP contribution in [-0.2, 0) is 0 Å². The van der Waals surface area contributed by atoms with Gasteiger partial charge in [0.15, 0.2) is 0 Å². The summed E-state index contributed by atoms with van der Waals surface area (Å²) in [6, 6.07) is 6.08. The van der Waals surface area contributed by atoms with Crippen LogP contribution in [-0.4, -0.2) is 57.1 Å². The molecule has 4 aliphatic rings. The SMILES string of the molecule is O=C(Oc1ccc2nc(OC(=O)N3CCC4CCCCC43)[nH]c2c1)N1CCC2CCCCC21. The normalized spacial score (nSPS) is 29.1. The summed E-state index contributed by atoms with van der Waals surface area (Å²) in [7, 11) is 0. The summed E-state index contributed by atoms with van der Waals surface area (Å²) in [6.07, 6.45) is 11.0. The van der Waals surface area contributed by atoms with Crippen molar-refractivity contribution in [2.24, 2.45) is 11.8 Å². The van der Waals surface area contributed by atoms with Crippen LogP contribution in [0.2, 0.25) is 0 Å². The van der Waals surface area contributed by atoms with E-state index in [4.69, 9.17) is 9.47 Å². The summed E-state index contributed by atoms with van der Waals surface area (Å²) in [5.74, 6) is 1.70. The second kappa shape index (κ2) is 8.54. The molecule has 0 spiro atoms. The quantitative estimate of drug-likeness (QED) is 0.686. The number of ether oxygens (including phenoxy) is 2. The summed E-state index contributed by atoms with van der Waals surface area (Å²) in [5, 5.41) is 0. The lowest BCUT2D eigenvalue weighted by atomic mass is 9.85. The molecule has 33 heavy (non-hydrogen) atoms. The highest BCUT2D eigenvalue weighted by Crippen LogP contribution is 2.38. The van der Waals surface area contributed by atoms with Gasteiger partial charge in [-0.25, -0.2) is 9.59 Å². The molecule has 2 saturated heterocycles. The second-order valence-corrected chi connectivity index (χ2v) is 10.1. The van der Waals surface area contributed by atoms with Crippen LogP contribution in [0.4, 0.5) is 9.59 Å². The van der Waals surface area contributed by atoms with Crippen LogP contribution in [0.25, 0.3) is 11.0 Å².